The van der Waals surface area contributed by atoms with Gasteiger partial charge in [0.25, 0.3) is 5.91 Å². The van der Waals surface area contributed by atoms with Crippen molar-refractivity contribution in [2.75, 3.05) is 27.2 Å². The maximum absolute atomic E-state index is 12.5. The molecule has 0 spiro atoms. The van der Waals surface area contributed by atoms with E-state index in [4.69, 9.17) is 0 Å². The molecule has 1 aromatic heterocycles. The summed E-state index contributed by atoms with van der Waals surface area (Å²) in [5.41, 5.74) is 0.125. The lowest BCUT2D eigenvalue weighted by Gasteiger charge is -2.20. The van der Waals surface area contributed by atoms with Crippen molar-refractivity contribution in [3.05, 3.63) is 21.9 Å². The summed E-state index contributed by atoms with van der Waals surface area (Å²) in [4.78, 5) is 18.8. The molecule has 2 heterocycles. The molecule has 2 rings (SSSR count). The minimum absolute atomic E-state index is 0.125. The topological polar surface area (TPSA) is 23.6 Å². The van der Waals surface area contributed by atoms with Crippen molar-refractivity contribution in [3.63, 3.8) is 0 Å². The van der Waals surface area contributed by atoms with Crippen molar-refractivity contribution < 1.29 is 4.79 Å². The van der Waals surface area contributed by atoms with Gasteiger partial charge in [-0.2, -0.15) is 0 Å². The average molecular weight is 280 g/mol. The second kappa shape index (κ2) is 5.25. The molecular weight excluding hydrogens is 256 g/mol. The molecular formula is C15H24N2OS. The van der Waals surface area contributed by atoms with Crippen molar-refractivity contribution in [2.24, 2.45) is 0 Å². The lowest BCUT2D eigenvalue weighted by molar-refractivity contribution is 0.0788. The summed E-state index contributed by atoms with van der Waals surface area (Å²) in [6, 6.07) is 4.58. The third-order valence-electron chi connectivity index (χ3n) is 3.74. The van der Waals surface area contributed by atoms with Gasteiger partial charge in [-0.15, -0.1) is 11.3 Å². The van der Waals surface area contributed by atoms with E-state index in [0.29, 0.717) is 6.04 Å². The van der Waals surface area contributed by atoms with Crippen molar-refractivity contribution >= 4 is 17.2 Å². The van der Waals surface area contributed by atoms with Crippen LogP contribution in [-0.4, -0.2) is 48.9 Å². The first-order valence-corrected chi connectivity index (χ1v) is 7.66. The van der Waals surface area contributed by atoms with Crippen LogP contribution in [0.15, 0.2) is 12.1 Å². The zero-order valence-electron chi connectivity index (χ0n) is 12.6. The van der Waals surface area contributed by atoms with Crippen LogP contribution >= 0.6 is 11.3 Å². The van der Waals surface area contributed by atoms with Crippen LogP contribution in [0.4, 0.5) is 0 Å². The molecule has 0 aromatic carbocycles. The van der Waals surface area contributed by atoms with Gasteiger partial charge in [-0.1, -0.05) is 20.8 Å². The van der Waals surface area contributed by atoms with E-state index in [1.165, 1.54) is 4.88 Å². The molecule has 0 N–H and O–H groups in total. The summed E-state index contributed by atoms with van der Waals surface area (Å²) in [7, 11) is 4.17. The van der Waals surface area contributed by atoms with Gasteiger partial charge >= 0.3 is 0 Å². The van der Waals surface area contributed by atoms with E-state index < -0.39 is 0 Å². The summed E-state index contributed by atoms with van der Waals surface area (Å²) in [5, 5.41) is 0. The molecule has 0 aliphatic carbocycles. The standard InChI is InChI=1S/C15H24N2OS/c1-15(2,3)13-7-6-12(19-13)14(18)17-9-8-11(10-17)16(4)5/h6-7,11H,8-10H2,1-5H3. The number of hydrogen-bond donors (Lipinski definition) is 0. The van der Waals surface area contributed by atoms with Gasteiger partial charge in [-0.3, -0.25) is 4.79 Å². The molecule has 0 bridgehead atoms. The Bertz CT molecular complexity index is 459. The number of amides is 1. The molecule has 1 atom stereocenters. The van der Waals surface area contributed by atoms with E-state index in [1.807, 2.05) is 11.0 Å². The van der Waals surface area contributed by atoms with Crippen LogP contribution in [0, 0.1) is 0 Å². The summed E-state index contributed by atoms with van der Waals surface area (Å²) >= 11 is 1.64. The van der Waals surface area contributed by atoms with Crippen molar-refractivity contribution in [3.8, 4) is 0 Å². The van der Waals surface area contributed by atoms with Crippen LogP contribution in [0.1, 0.15) is 41.7 Å². The number of nitrogens with zero attached hydrogens (tertiary/aromatic N) is 2. The van der Waals surface area contributed by atoms with Crippen LogP contribution in [0.3, 0.4) is 0 Å². The van der Waals surface area contributed by atoms with Crippen LogP contribution < -0.4 is 0 Å². The summed E-state index contributed by atoms with van der Waals surface area (Å²) in [6.45, 7) is 8.29. The predicted molar refractivity (Wildman–Crippen MR) is 81.0 cm³/mol. The fourth-order valence-corrected chi connectivity index (χ4v) is 3.39. The third-order valence-corrected chi connectivity index (χ3v) is 5.24. The highest BCUT2D eigenvalue weighted by Crippen LogP contribution is 2.30. The van der Waals surface area contributed by atoms with Gasteiger partial charge in [0, 0.05) is 24.0 Å². The predicted octanol–water partition coefficient (Wildman–Crippen LogP) is 2.82. The highest BCUT2D eigenvalue weighted by molar-refractivity contribution is 7.14. The smallest absolute Gasteiger partial charge is 0.263 e. The largest absolute Gasteiger partial charge is 0.336 e. The molecule has 3 nitrogen and oxygen atoms in total. The molecule has 106 valence electrons. The Labute approximate surface area is 120 Å². The minimum atomic E-state index is 0.125. The Morgan fingerprint density at radius 3 is 2.53 bits per heavy atom. The van der Waals surface area contributed by atoms with Gasteiger partial charge in [0.2, 0.25) is 0 Å². The lowest BCUT2D eigenvalue weighted by atomic mass is 9.95. The van der Waals surface area contributed by atoms with Gasteiger partial charge in [0.05, 0.1) is 4.88 Å². The second-order valence-electron chi connectivity index (χ2n) is 6.57. The molecule has 1 amide bonds. The van der Waals surface area contributed by atoms with Crippen LogP contribution in [0.5, 0.6) is 0 Å². The lowest BCUT2D eigenvalue weighted by Crippen LogP contribution is -2.34. The molecule has 0 radical (unpaired) electrons. The quantitative estimate of drug-likeness (QED) is 0.831. The third kappa shape index (κ3) is 3.18. The van der Waals surface area contributed by atoms with Gasteiger partial charge in [0.1, 0.15) is 0 Å². The minimum Gasteiger partial charge on any atom is -0.336 e. The van der Waals surface area contributed by atoms with Crippen LogP contribution in [0.2, 0.25) is 0 Å². The number of likely N-dealkylation sites (tertiary alicyclic amines) is 1. The number of rotatable bonds is 2. The maximum Gasteiger partial charge on any atom is 0.263 e. The van der Waals surface area contributed by atoms with Crippen LogP contribution in [-0.2, 0) is 5.41 Å². The number of thiophene rings is 1. The Kier molecular flexibility index (Phi) is 4.02. The maximum atomic E-state index is 12.5. The fraction of sp³-hybridized carbons (Fsp3) is 0.667. The first kappa shape index (κ1) is 14.5. The van der Waals surface area contributed by atoms with Gasteiger partial charge in [-0.05, 0) is 38.1 Å². The van der Waals surface area contributed by atoms with E-state index in [-0.39, 0.29) is 11.3 Å². The molecule has 4 heteroatoms. The van der Waals surface area contributed by atoms with Gasteiger partial charge in [0.15, 0.2) is 0 Å². The zero-order chi connectivity index (χ0) is 14.2. The molecule has 1 saturated heterocycles. The van der Waals surface area contributed by atoms with E-state index in [0.717, 1.165) is 24.4 Å². The Balaban J connectivity index is 2.07. The molecule has 1 unspecified atom stereocenters. The summed E-state index contributed by atoms with van der Waals surface area (Å²) in [6.07, 6.45) is 1.08. The summed E-state index contributed by atoms with van der Waals surface area (Å²) < 4.78 is 0. The van der Waals surface area contributed by atoms with E-state index in [9.17, 15) is 4.79 Å². The molecule has 0 saturated carbocycles. The van der Waals surface area contributed by atoms with E-state index in [1.54, 1.807) is 11.3 Å². The molecule has 1 aromatic rings. The van der Waals surface area contributed by atoms with Gasteiger partial charge in [-0.25, -0.2) is 0 Å². The number of carbonyl (C=O) groups is 1. The Morgan fingerprint density at radius 1 is 1.37 bits per heavy atom. The molecule has 1 aliphatic rings. The Hall–Kier alpha value is -0.870. The average Bonchev–Trinajstić information content (AvgIpc) is 2.97. The number of carbonyl (C=O) groups excluding carboxylic acids is 1. The van der Waals surface area contributed by atoms with Crippen molar-refractivity contribution in [2.45, 2.75) is 38.6 Å². The van der Waals surface area contributed by atoms with Crippen molar-refractivity contribution in [1.29, 1.82) is 0 Å². The van der Waals surface area contributed by atoms with E-state index in [2.05, 4.69) is 45.8 Å². The highest BCUT2D eigenvalue weighted by Gasteiger charge is 2.29. The summed E-state index contributed by atoms with van der Waals surface area (Å²) in [5.74, 6) is 0.199. The second-order valence-corrected chi connectivity index (χ2v) is 7.65. The number of hydrogen-bond acceptors (Lipinski definition) is 3. The van der Waals surface area contributed by atoms with E-state index >= 15 is 0 Å². The first-order valence-electron chi connectivity index (χ1n) is 6.85. The van der Waals surface area contributed by atoms with Crippen molar-refractivity contribution in [1.82, 2.24) is 9.80 Å². The monoisotopic (exact) mass is 280 g/mol. The van der Waals surface area contributed by atoms with Crippen LogP contribution in [0.25, 0.3) is 0 Å². The molecule has 1 fully saturated rings. The zero-order valence-corrected chi connectivity index (χ0v) is 13.4. The first-order chi connectivity index (χ1) is 8.79. The fourth-order valence-electron chi connectivity index (χ4n) is 2.36. The number of likely N-dealkylation sites (N-methyl/N-ethyl adjacent to an activating group) is 1. The van der Waals surface area contributed by atoms with Gasteiger partial charge < -0.3 is 9.80 Å². The highest BCUT2D eigenvalue weighted by atomic mass is 32.1. The molecule has 19 heavy (non-hydrogen) atoms. The normalized spacial score (nSPS) is 20.3. The Morgan fingerprint density at radius 2 is 2.05 bits per heavy atom. The SMILES string of the molecule is CN(C)C1CCN(C(=O)c2ccc(C(C)(C)C)s2)C1. The molecule has 1 aliphatic heterocycles.